The molecule has 262 valence electrons. The van der Waals surface area contributed by atoms with Gasteiger partial charge in [-0.1, -0.05) is 178 Å². The topological polar surface area (TPSA) is 12.9 Å². The van der Waals surface area contributed by atoms with E-state index in [4.69, 9.17) is 4.98 Å². The van der Waals surface area contributed by atoms with Crippen molar-refractivity contribution in [3.8, 4) is 44.5 Å². The third-order valence-electron chi connectivity index (χ3n) is 11.3. The zero-order chi connectivity index (χ0) is 36.4. The van der Waals surface area contributed by atoms with Crippen LogP contribution in [0.5, 0.6) is 0 Å². The summed E-state index contributed by atoms with van der Waals surface area (Å²) in [7, 11) is 0. The summed E-state index contributed by atoms with van der Waals surface area (Å²) in [6, 6.07) is 58.4. The number of hydrogen-bond donors (Lipinski definition) is 0. The molecule has 0 aliphatic rings. The highest BCUT2D eigenvalue weighted by Gasteiger charge is 2.29. The lowest BCUT2D eigenvalue weighted by Gasteiger charge is -2.29. The summed E-state index contributed by atoms with van der Waals surface area (Å²) in [5, 5.41) is 9.05. The van der Waals surface area contributed by atoms with E-state index in [1.807, 2.05) is 6.20 Å². The second kappa shape index (κ2) is 14.8. The largest absolute Gasteiger partial charge is 0.256 e. The molecule has 0 N–H and O–H groups in total. The summed E-state index contributed by atoms with van der Waals surface area (Å²) in [6.45, 7) is 4.65. The van der Waals surface area contributed by atoms with Crippen LogP contribution in [-0.2, 0) is 12.8 Å². The Morgan fingerprint density at radius 3 is 1.17 bits per heavy atom. The number of benzene rings is 8. The van der Waals surface area contributed by atoms with Crippen LogP contribution in [0.2, 0.25) is 0 Å². The highest BCUT2D eigenvalue weighted by atomic mass is 14.6. The van der Waals surface area contributed by atoms with Gasteiger partial charge in [0.2, 0.25) is 0 Å². The average Bonchev–Trinajstić information content (AvgIpc) is 3.25. The van der Waals surface area contributed by atoms with Crippen molar-refractivity contribution in [2.75, 3.05) is 0 Å². The summed E-state index contributed by atoms with van der Waals surface area (Å²) >= 11 is 0. The average molecular weight is 696 g/mol. The van der Waals surface area contributed by atoms with E-state index < -0.39 is 0 Å². The van der Waals surface area contributed by atoms with Crippen LogP contribution in [0.3, 0.4) is 0 Å². The number of rotatable bonds is 10. The van der Waals surface area contributed by atoms with E-state index in [1.54, 1.807) is 0 Å². The molecule has 9 aromatic rings. The van der Waals surface area contributed by atoms with Crippen LogP contribution in [0.4, 0.5) is 0 Å². The van der Waals surface area contributed by atoms with E-state index in [0.717, 1.165) is 44.0 Å². The second-order valence-corrected chi connectivity index (χ2v) is 14.6. The minimum absolute atomic E-state index is 0.981. The molecule has 0 aliphatic carbocycles. The smallest absolute Gasteiger partial charge is 0.0786 e. The van der Waals surface area contributed by atoms with Gasteiger partial charge in [0.25, 0.3) is 0 Å². The van der Waals surface area contributed by atoms with Gasteiger partial charge in [0.05, 0.1) is 5.52 Å². The van der Waals surface area contributed by atoms with Crippen molar-refractivity contribution in [3.05, 3.63) is 175 Å². The number of unbranched alkanes of at least 4 members (excludes halogenated alkanes) is 2. The summed E-state index contributed by atoms with van der Waals surface area (Å²) in [5.74, 6) is 0. The SMILES string of the molecule is CCCCc1c(-c2ccccc2)c(-c2ccccc2)c(CCCC)c2c(-c3ccccc3)c3c4cccnc4c4ccccc4c3c(-c3ccccc3)c12. The fourth-order valence-electron chi connectivity index (χ4n) is 9.01. The van der Waals surface area contributed by atoms with Crippen LogP contribution in [0.15, 0.2) is 164 Å². The number of pyridine rings is 1. The maximum Gasteiger partial charge on any atom is 0.0786 e. The molecule has 0 radical (unpaired) electrons. The Balaban J connectivity index is 1.70. The first-order valence-electron chi connectivity index (χ1n) is 19.8. The minimum atomic E-state index is 0.981. The zero-order valence-corrected chi connectivity index (χ0v) is 31.3. The molecule has 0 saturated carbocycles. The van der Waals surface area contributed by atoms with Gasteiger partial charge in [-0.25, -0.2) is 0 Å². The lowest BCUT2D eigenvalue weighted by Crippen LogP contribution is -2.06. The standard InChI is InChI=1S/C53H45N/c1-3-5-30-42-45(36-22-11-7-12-23-36)46(37-24-13-8-14-25-37)43(31-6-4-2)51-48(39-28-17-10-18-29-39)52-44-34-21-35-54-53(44)41-33-20-19-32-40(41)49(52)47(50(42)51)38-26-15-9-16-27-38/h7-29,32-35H,3-6,30-31H2,1-2H3. The molecule has 0 amide bonds. The molecule has 1 heterocycles. The van der Waals surface area contributed by atoms with Crippen LogP contribution in [0.1, 0.15) is 50.7 Å². The Kier molecular flexibility index (Phi) is 9.23. The molecule has 0 unspecified atom stereocenters. The van der Waals surface area contributed by atoms with E-state index in [9.17, 15) is 0 Å². The fourth-order valence-corrected chi connectivity index (χ4v) is 9.01. The first kappa shape index (κ1) is 33.8. The van der Waals surface area contributed by atoms with Crippen LogP contribution >= 0.6 is 0 Å². The Morgan fingerprint density at radius 1 is 0.352 bits per heavy atom. The first-order valence-corrected chi connectivity index (χ1v) is 19.8. The van der Waals surface area contributed by atoms with Gasteiger partial charge in [-0.05, 0) is 109 Å². The van der Waals surface area contributed by atoms with Crippen LogP contribution in [-0.4, -0.2) is 4.98 Å². The van der Waals surface area contributed by atoms with Crippen molar-refractivity contribution in [2.45, 2.75) is 52.4 Å². The van der Waals surface area contributed by atoms with Crippen molar-refractivity contribution >= 4 is 43.2 Å². The monoisotopic (exact) mass is 695 g/mol. The third kappa shape index (κ3) is 5.67. The van der Waals surface area contributed by atoms with E-state index in [-0.39, 0.29) is 0 Å². The quantitative estimate of drug-likeness (QED) is 0.103. The van der Waals surface area contributed by atoms with Gasteiger partial charge in [0, 0.05) is 22.4 Å². The lowest BCUT2D eigenvalue weighted by atomic mass is 9.74. The summed E-state index contributed by atoms with van der Waals surface area (Å²) in [4.78, 5) is 5.13. The summed E-state index contributed by atoms with van der Waals surface area (Å²) in [5.41, 5.74) is 14.5. The van der Waals surface area contributed by atoms with Crippen LogP contribution in [0, 0.1) is 0 Å². The van der Waals surface area contributed by atoms with Gasteiger partial charge in [-0.2, -0.15) is 0 Å². The summed E-state index contributed by atoms with van der Waals surface area (Å²) in [6.07, 6.45) is 8.36. The van der Waals surface area contributed by atoms with Crippen LogP contribution in [0.25, 0.3) is 87.7 Å². The summed E-state index contributed by atoms with van der Waals surface area (Å²) < 4.78 is 0. The van der Waals surface area contributed by atoms with Gasteiger partial charge in [-0.3, -0.25) is 4.98 Å². The van der Waals surface area contributed by atoms with Gasteiger partial charge in [0.15, 0.2) is 0 Å². The zero-order valence-electron chi connectivity index (χ0n) is 31.3. The van der Waals surface area contributed by atoms with Crippen molar-refractivity contribution in [1.29, 1.82) is 0 Å². The van der Waals surface area contributed by atoms with Gasteiger partial charge >= 0.3 is 0 Å². The molecule has 8 aromatic carbocycles. The number of aromatic nitrogens is 1. The van der Waals surface area contributed by atoms with E-state index >= 15 is 0 Å². The predicted octanol–water partition coefficient (Wildman–Crippen LogP) is 15.0. The van der Waals surface area contributed by atoms with E-state index in [1.165, 1.54) is 93.3 Å². The van der Waals surface area contributed by atoms with E-state index in [0.29, 0.717) is 0 Å². The fraction of sp³-hybridized carbons (Fsp3) is 0.151. The molecule has 0 aliphatic heterocycles. The Morgan fingerprint density at radius 2 is 0.722 bits per heavy atom. The molecule has 0 fully saturated rings. The number of hydrogen-bond acceptors (Lipinski definition) is 1. The molecule has 0 bridgehead atoms. The number of aryl methyl sites for hydroxylation is 2. The maximum atomic E-state index is 5.13. The molecular weight excluding hydrogens is 651 g/mol. The van der Waals surface area contributed by atoms with E-state index in [2.05, 4.69) is 172 Å². The second-order valence-electron chi connectivity index (χ2n) is 14.6. The highest BCUT2D eigenvalue weighted by molar-refractivity contribution is 6.37. The molecular formula is C53H45N. The van der Waals surface area contributed by atoms with Crippen molar-refractivity contribution in [2.24, 2.45) is 0 Å². The Labute approximate surface area is 319 Å². The van der Waals surface area contributed by atoms with Gasteiger partial charge in [-0.15, -0.1) is 0 Å². The Bertz CT molecular complexity index is 2560. The minimum Gasteiger partial charge on any atom is -0.256 e. The van der Waals surface area contributed by atoms with Crippen molar-refractivity contribution < 1.29 is 0 Å². The molecule has 1 aromatic heterocycles. The molecule has 1 heteroatoms. The van der Waals surface area contributed by atoms with Gasteiger partial charge < -0.3 is 0 Å². The normalized spacial score (nSPS) is 11.6. The third-order valence-corrected chi connectivity index (χ3v) is 11.3. The first-order chi connectivity index (χ1) is 26.8. The predicted molar refractivity (Wildman–Crippen MR) is 233 cm³/mol. The molecule has 9 rings (SSSR count). The maximum absolute atomic E-state index is 5.13. The number of fused-ring (bicyclic) bond motifs is 7. The van der Waals surface area contributed by atoms with Crippen molar-refractivity contribution in [1.82, 2.24) is 4.98 Å². The Hall–Kier alpha value is -6.05. The molecule has 0 saturated heterocycles. The molecule has 0 atom stereocenters. The lowest BCUT2D eigenvalue weighted by molar-refractivity contribution is 0.794. The van der Waals surface area contributed by atoms with Crippen molar-refractivity contribution in [3.63, 3.8) is 0 Å². The van der Waals surface area contributed by atoms with Gasteiger partial charge in [0.1, 0.15) is 0 Å². The molecule has 0 spiro atoms. The molecule has 1 nitrogen and oxygen atoms in total. The number of nitrogens with zero attached hydrogens (tertiary/aromatic N) is 1. The van der Waals surface area contributed by atoms with Crippen LogP contribution < -0.4 is 0 Å². The molecule has 54 heavy (non-hydrogen) atoms. The highest BCUT2D eigenvalue weighted by Crippen LogP contribution is 2.55.